The quantitative estimate of drug-likeness (QED) is 0.860. The van der Waals surface area contributed by atoms with Crippen molar-refractivity contribution in [1.29, 1.82) is 0 Å². The van der Waals surface area contributed by atoms with E-state index in [9.17, 15) is 0 Å². The summed E-state index contributed by atoms with van der Waals surface area (Å²) in [6, 6.07) is 0.415. The van der Waals surface area contributed by atoms with Crippen LogP contribution in [0.4, 0.5) is 11.8 Å². The summed E-state index contributed by atoms with van der Waals surface area (Å²) in [6.45, 7) is 5.48. The molecule has 6 nitrogen and oxygen atoms in total. The van der Waals surface area contributed by atoms with Crippen LogP contribution in [0.5, 0.6) is 0 Å². The molecule has 3 rings (SSSR count). The van der Waals surface area contributed by atoms with Crippen LogP contribution in [0.15, 0.2) is 6.20 Å². The van der Waals surface area contributed by atoms with Gasteiger partial charge in [0, 0.05) is 19.6 Å². The first-order valence-corrected chi connectivity index (χ1v) is 6.84. The van der Waals surface area contributed by atoms with Gasteiger partial charge in [-0.15, -0.1) is 0 Å². The summed E-state index contributed by atoms with van der Waals surface area (Å²) in [5.74, 6) is 2.43. The molecule has 1 aliphatic carbocycles. The average molecular weight is 260 g/mol. The molecule has 0 saturated heterocycles. The van der Waals surface area contributed by atoms with Crippen molar-refractivity contribution in [3.63, 3.8) is 0 Å². The molecule has 6 heteroatoms. The number of hydrogen-bond donors (Lipinski definition) is 2. The Balaban J connectivity index is 2.06. The van der Waals surface area contributed by atoms with Crippen LogP contribution in [0.25, 0.3) is 11.0 Å². The van der Waals surface area contributed by atoms with E-state index in [1.165, 1.54) is 12.8 Å². The molecule has 0 bridgehead atoms. The average Bonchev–Trinajstić information content (AvgIpc) is 3.09. The topological polar surface area (TPSA) is 69.7 Å². The molecule has 1 fully saturated rings. The second kappa shape index (κ2) is 4.68. The Labute approximate surface area is 112 Å². The summed E-state index contributed by atoms with van der Waals surface area (Å²) in [5.41, 5.74) is 0.788. The largest absolute Gasteiger partial charge is 0.357 e. The van der Waals surface area contributed by atoms with Crippen molar-refractivity contribution in [3.05, 3.63) is 6.20 Å². The van der Waals surface area contributed by atoms with Crippen molar-refractivity contribution in [3.8, 4) is 0 Å². The second-order valence-corrected chi connectivity index (χ2v) is 5.44. The fourth-order valence-corrected chi connectivity index (χ4v) is 2.27. The molecule has 2 heterocycles. The normalized spacial score (nSPS) is 15.2. The fraction of sp³-hybridized carbons (Fsp3) is 0.615. The molecule has 0 aromatic carbocycles. The number of hydrogen-bond acceptors (Lipinski definition) is 5. The van der Waals surface area contributed by atoms with Gasteiger partial charge in [-0.1, -0.05) is 0 Å². The highest BCUT2D eigenvalue weighted by Gasteiger charge is 2.27. The zero-order chi connectivity index (χ0) is 13.4. The van der Waals surface area contributed by atoms with Gasteiger partial charge >= 0.3 is 0 Å². The van der Waals surface area contributed by atoms with Crippen LogP contribution < -0.4 is 10.2 Å². The Morgan fingerprint density at radius 1 is 1.42 bits per heavy atom. The van der Waals surface area contributed by atoms with Gasteiger partial charge in [-0.05, 0) is 32.6 Å². The van der Waals surface area contributed by atoms with Gasteiger partial charge in [0.1, 0.15) is 5.82 Å². The summed E-state index contributed by atoms with van der Waals surface area (Å²) in [6.07, 6.45) is 4.48. The van der Waals surface area contributed by atoms with Crippen LogP contribution >= 0.6 is 0 Å². The molecule has 2 N–H and O–H groups in total. The van der Waals surface area contributed by atoms with E-state index in [1.54, 1.807) is 0 Å². The van der Waals surface area contributed by atoms with Crippen molar-refractivity contribution >= 4 is 22.8 Å². The highest BCUT2D eigenvalue weighted by atomic mass is 15.3. The highest BCUT2D eigenvalue weighted by Crippen LogP contribution is 2.33. The molecule has 19 heavy (non-hydrogen) atoms. The molecule has 0 atom stereocenters. The monoisotopic (exact) mass is 260 g/mol. The minimum Gasteiger partial charge on any atom is -0.357 e. The molecule has 0 radical (unpaired) electrons. The number of rotatable bonds is 5. The molecule has 102 valence electrons. The summed E-state index contributed by atoms with van der Waals surface area (Å²) >= 11 is 0. The number of fused-ring (bicyclic) bond motifs is 1. The van der Waals surface area contributed by atoms with Crippen LogP contribution in [-0.4, -0.2) is 39.8 Å². The van der Waals surface area contributed by atoms with Gasteiger partial charge in [0.05, 0.1) is 11.6 Å². The summed E-state index contributed by atoms with van der Waals surface area (Å²) in [4.78, 5) is 11.4. The Hall–Kier alpha value is -1.85. The van der Waals surface area contributed by atoms with Crippen LogP contribution in [0.3, 0.4) is 0 Å². The smallest absolute Gasteiger partial charge is 0.226 e. The van der Waals surface area contributed by atoms with E-state index in [-0.39, 0.29) is 0 Å². The zero-order valence-electron chi connectivity index (χ0n) is 11.6. The number of aromatic nitrogens is 4. The molecule has 2 aromatic rings. The Morgan fingerprint density at radius 3 is 2.84 bits per heavy atom. The van der Waals surface area contributed by atoms with E-state index < -0.39 is 0 Å². The number of anilines is 2. The molecule has 0 amide bonds. The van der Waals surface area contributed by atoms with Crippen LogP contribution in [0.1, 0.15) is 26.7 Å². The van der Waals surface area contributed by atoms with Crippen molar-refractivity contribution < 1.29 is 0 Å². The predicted octanol–water partition coefficient (Wildman–Crippen LogP) is 2.02. The van der Waals surface area contributed by atoms with Gasteiger partial charge < -0.3 is 10.2 Å². The lowest BCUT2D eigenvalue weighted by molar-refractivity contribution is 0.639. The standard InChI is InChI=1S/C13H20N6/c1-8(2)19(7-9-4-5-9)12-10-6-15-18-11(10)16-13(14-3)17-12/h6,8-9H,4-5,7H2,1-3H3,(H2,14,15,16,17,18). The lowest BCUT2D eigenvalue weighted by Crippen LogP contribution is -2.33. The molecule has 0 spiro atoms. The summed E-state index contributed by atoms with van der Waals surface area (Å²) in [7, 11) is 1.84. The first kappa shape index (κ1) is 12.2. The first-order chi connectivity index (χ1) is 9.19. The molecular formula is C13H20N6. The van der Waals surface area contributed by atoms with Gasteiger partial charge in [-0.25, -0.2) is 0 Å². The van der Waals surface area contributed by atoms with E-state index in [0.717, 1.165) is 29.3 Å². The maximum absolute atomic E-state index is 4.64. The van der Waals surface area contributed by atoms with E-state index in [1.807, 2.05) is 13.2 Å². The minimum absolute atomic E-state index is 0.415. The minimum atomic E-state index is 0.415. The van der Waals surface area contributed by atoms with E-state index >= 15 is 0 Å². The summed E-state index contributed by atoms with van der Waals surface area (Å²) < 4.78 is 0. The third-order valence-corrected chi connectivity index (χ3v) is 3.56. The Bertz CT molecular complexity index is 572. The third kappa shape index (κ3) is 2.34. The second-order valence-electron chi connectivity index (χ2n) is 5.44. The molecule has 1 saturated carbocycles. The van der Waals surface area contributed by atoms with Gasteiger partial charge in [0.25, 0.3) is 0 Å². The molecule has 0 unspecified atom stereocenters. The van der Waals surface area contributed by atoms with Crippen molar-refractivity contribution in [2.75, 3.05) is 23.8 Å². The lowest BCUT2D eigenvalue weighted by Gasteiger charge is -2.28. The van der Waals surface area contributed by atoms with Crippen LogP contribution in [0, 0.1) is 5.92 Å². The lowest BCUT2D eigenvalue weighted by atomic mass is 10.2. The molecule has 0 aliphatic heterocycles. The molecular weight excluding hydrogens is 240 g/mol. The number of aromatic amines is 1. The van der Waals surface area contributed by atoms with Crippen LogP contribution in [-0.2, 0) is 0 Å². The molecule has 2 aromatic heterocycles. The zero-order valence-corrected chi connectivity index (χ0v) is 11.6. The van der Waals surface area contributed by atoms with E-state index in [4.69, 9.17) is 0 Å². The maximum Gasteiger partial charge on any atom is 0.226 e. The summed E-state index contributed by atoms with van der Waals surface area (Å²) in [5, 5.41) is 11.0. The van der Waals surface area contributed by atoms with E-state index in [2.05, 4.69) is 44.2 Å². The first-order valence-electron chi connectivity index (χ1n) is 6.84. The Kier molecular flexibility index (Phi) is 3.00. The number of nitrogens with zero attached hydrogens (tertiary/aromatic N) is 4. The third-order valence-electron chi connectivity index (χ3n) is 3.56. The number of H-pyrrole nitrogens is 1. The van der Waals surface area contributed by atoms with Gasteiger partial charge in [-0.3, -0.25) is 5.10 Å². The van der Waals surface area contributed by atoms with Gasteiger partial charge in [-0.2, -0.15) is 15.1 Å². The Morgan fingerprint density at radius 2 is 2.21 bits per heavy atom. The maximum atomic E-state index is 4.64. The van der Waals surface area contributed by atoms with Gasteiger partial charge in [0.15, 0.2) is 5.65 Å². The highest BCUT2D eigenvalue weighted by molar-refractivity contribution is 5.87. The van der Waals surface area contributed by atoms with Crippen molar-refractivity contribution in [2.24, 2.45) is 5.92 Å². The molecule has 1 aliphatic rings. The van der Waals surface area contributed by atoms with Crippen molar-refractivity contribution in [1.82, 2.24) is 20.2 Å². The predicted molar refractivity (Wildman–Crippen MR) is 76.4 cm³/mol. The van der Waals surface area contributed by atoms with Crippen LogP contribution in [0.2, 0.25) is 0 Å². The SMILES string of the molecule is CNc1nc(N(CC2CC2)C(C)C)c2cn[nH]c2n1. The van der Waals surface area contributed by atoms with E-state index in [0.29, 0.717) is 12.0 Å². The van der Waals surface area contributed by atoms with Crippen molar-refractivity contribution in [2.45, 2.75) is 32.7 Å². The number of nitrogens with one attached hydrogen (secondary N) is 2. The fourth-order valence-electron chi connectivity index (χ4n) is 2.27. The van der Waals surface area contributed by atoms with Gasteiger partial charge in [0.2, 0.25) is 5.95 Å².